The van der Waals surface area contributed by atoms with Crippen molar-refractivity contribution in [3.05, 3.63) is 112 Å². The van der Waals surface area contributed by atoms with Gasteiger partial charge in [-0.05, 0) is 47.2 Å². The maximum atomic E-state index is 14.1. The fraction of sp³-hybridized carbons (Fsp3) is 0.0769. The average Bonchev–Trinajstić information content (AvgIpc) is 3.46. The van der Waals surface area contributed by atoms with Gasteiger partial charge in [0.25, 0.3) is 5.91 Å². The lowest BCUT2D eigenvalue weighted by Gasteiger charge is -2.06. The molecule has 0 bridgehead atoms. The summed E-state index contributed by atoms with van der Waals surface area (Å²) in [6.07, 6.45) is 1.48. The molecule has 5 aromatic rings. The van der Waals surface area contributed by atoms with Crippen molar-refractivity contribution in [3.8, 4) is 5.75 Å². The predicted molar refractivity (Wildman–Crippen MR) is 133 cm³/mol. The maximum Gasteiger partial charge on any atom is 0.292 e. The first kappa shape index (κ1) is 23.0. The quantitative estimate of drug-likeness (QED) is 0.257. The molecule has 0 atom stereocenters. The topological polar surface area (TPSA) is 69.3 Å². The first-order chi connectivity index (χ1) is 17.0. The van der Waals surface area contributed by atoms with Gasteiger partial charge in [-0.1, -0.05) is 59.6 Å². The van der Waals surface area contributed by atoms with Crippen molar-refractivity contribution in [2.75, 3.05) is 5.32 Å². The zero-order chi connectivity index (χ0) is 24.4. The van der Waals surface area contributed by atoms with Crippen molar-refractivity contribution in [2.45, 2.75) is 13.2 Å². The summed E-state index contributed by atoms with van der Waals surface area (Å²) < 4.78 is 26.9. The van der Waals surface area contributed by atoms with Gasteiger partial charge in [-0.15, -0.1) is 0 Å². The van der Waals surface area contributed by atoms with E-state index < -0.39 is 11.7 Å². The molecular weight excluding hydrogens is 492 g/mol. The first-order valence-corrected chi connectivity index (χ1v) is 11.4. The van der Waals surface area contributed by atoms with Gasteiger partial charge >= 0.3 is 0 Å². The van der Waals surface area contributed by atoms with Crippen LogP contribution in [-0.2, 0) is 13.2 Å². The number of hydrogen-bond acceptors (Lipinski definition) is 4. The number of fused-ring (bicyclic) bond motifs is 1. The summed E-state index contributed by atoms with van der Waals surface area (Å²) in [6.45, 7) is 0.211. The van der Waals surface area contributed by atoms with Crippen molar-refractivity contribution in [3.63, 3.8) is 0 Å². The van der Waals surface area contributed by atoms with E-state index in [0.717, 1.165) is 10.8 Å². The second-order valence-electron chi connectivity index (χ2n) is 7.74. The van der Waals surface area contributed by atoms with Gasteiger partial charge in [0.15, 0.2) is 11.6 Å². The fourth-order valence-electron chi connectivity index (χ4n) is 3.57. The summed E-state index contributed by atoms with van der Waals surface area (Å²) in [5, 5.41) is 9.48. The van der Waals surface area contributed by atoms with Crippen molar-refractivity contribution >= 4 is 45.7 Å². The van der Waals surface area contributed by atoms with Gasteiger partial charge in [0.2, 0.25) is 0 Å². The Kier molecular flexibility index (Phi) is 6.44. The largest absolute Gasteiger partial charge is 0.486 e. The highest BCUT2D eigenvalue weighted by molar-refractivity contribution is 6.33. The van der Waals surface area contributed by atoms with Crippen molar-refractivity contribution < 1.29 is 18.3 Å². The van der Waals surface area contributed by atoms with Crippen LogP contribution in [0.15, 0.2) is 83.4 Å². The Morgan fingerprint density at radius 1 is 1.00 bits per heavy atom. The highest BCUT2D eigenvalue weighted by Crippen LogP contribution is 2.25. The number of rotatable bonds is 7. The Labute approximate surface area is 209 Å². The molecule has 0 fully saturated rings. The molecule has 0 saturated carbocycles. The van der Waals surface area contributed by atoms with Crippen molar-refractivity contribution in [1.29, 1.82) is 0 Å². The summed E-state index contributed by atoms with van der Waals surface area (Å²) in [7, 11) is 0. The summed E-state index contributed by atoms with van der Waals surface area (Å²) in [4.78, 5) is 12.6. The number of hydrogen-bond donors (Lipinski definition) is 1. The molecule has 0 aliphatic rings. The van der Waals surface area contributed by atoms with E-state index in [1.165, 1.54) is 23.0 Å². The van der Waals surface area contributed by atoms with Gasteiger partial charge in [-0.3, -0.25) is 9.48 Å². The summed E-state index contributed by atoms with van der Waals surface area (Å²) in [5.41, 5.74) is 0.272. The second-order valence-corrected chi connectivity index (χ2v) is 8.56. The number of ether oxygens (including phenoxy) is 1. The summed E-state index contributed by atoms with van der Waals surface area (Å²) in [5.74, 6) is 0.383. The summed E-state index contributed by atoms with van der Waals surface area (Å²) in [6, 6.07) is 21.4. The Bertz CT molecular complexity index is 1510. The van der Waals surface area contributed by atoms with Crippen LogP contribution in [0.25, 0.3) is 10.8 Å². The number of carbonyl (C=O) groups is 1. The number of benzene rings is 3. The van der Waals surface area contributed by atoms with E-state index in [9.17, 15) is 9.18 Å². The Hall–Kier alpha value is -3.81. The van der Waals surface area contributed by atoms with Crippen LogP contribution >= 0.6 is 23.2 Å². The van der Waals surface area contributed by atoms with E-state index in [-0.39, 0.29) is 40.3 Å². The van der Waals surface area contributed by atoms with Gasteiger partial charge in [-0.25, -0.2) is 4.39 Å². The average molecular weight is 510 g/mol. The monoisotopic (exact) mass is 509 g/mol. The van der Waals surface area contributed by atoms with Crippen LogP contribution < -0.4 is 10.1 Å². The zero-order valence-corrected chi connectivity index (χ0v) is 19.7. The highest BCUT2D eigenvalue weighted by atomic mass is 35.5. The van der Waals surface area contributed by atoms with Gasteiger partial charge < -0.3 is 14.5 Å². The van der Waals surface area contributed by atoms with Crippen LogP contribution in [0.2, 0.25) is 10.0 Å². The van der Waals surface area contributed by atoms with Gasteiger partial charge in [0, 0.05) is 16.8 Å². The van der Waals surface area contributed by atoms with E-state index in [4.69, 9.17) is 32.4 Å². The molecule has 5 rings (SSSR count). The molecule has 6 nitrogen and oxygen atoms in total. The van der Waals surface area contributed by atoms with Gasteiger partial charge in [0.1, 0.15) is 29.0 Å². The molecule has 35 heavy (non-hydrogen) atoms. The van der Waals surface area contributed by atoms with Crippen LogP contribution in [0.3, 0.4) is 0 Å². The third kappa shape index (κ3) is 5.16. The maximum absolute atomic E-state index is 14.1. The van der Waals surface area contributed by atoms with Gasteiger partial charge in [-0.2, -0.15) is 5.10 Å². The number of nitrogens with one attached hydrogen (secondary N) is 1. The third-order valence-corrected chi connectivity index (χ3v) is 5.95. The molecule has 0 aliphatic carbocycles. The summed E-state index contributed by atoms with van der Waals surface area (Å²) >= 11 is 12.3. The molecule has 1 N–H and O–H groups in total. The second kappa shape index (κ2) is 9.82. The van der Waals surface area contributed by atoms with Crippen LogP contribution in [0.5, 0.6) is 5.75 Å². The van der Waals surface area contributed by atoms with Crippen LogP contribution in [0.1, 0.15) is 21.9 Å². The Morgan fingerprint density at radius 3 is 2.66 bits per heavy atom. The van der Waals surface area contributed by atoms with E-state index in [0.29, 0.717) is 11.5 Å². The zero-order valence-electron chi connectivity index (χ0n) is 18.2. The molecule has 0 radical (unpaired) electrons. The van der Waals surface area contributed by atoms with Crippen LogP contribution in [0, 0.1) is 5.82 Å². The molecular formula is C26H18Cl2FN3O3. The number of amides is 1. The number of furan rings is 1. The molecule has 176 valence electrons. The highest BCUT2D eigenvalue weighted by Gasteiger charge is 2.17. The number of carbonyl (C=O) groups excluding carboxylic acids is 1. The first-order valence-electron chi connectivity index (χ1n) is 10.6. The molecule has 0 saturated heterocycles. The molecule has 0 aliphatic heterocycles. The minimum atomic E-state index is -0.530. The molecule has 1 amide bonds. The Morgan fingerprint density at radius 2 is 1.83 bits per heavy atom. The van der Waals surface area contributed by atoms with Crippen molar-refractivity contribution in [2.24, 2.45) is 0 Å². The number of aromatic nitrogens is 2. The number of halogens is 3. The van der Waals surface area contributed by atoms with E-state index in [1.807, 2.05) is 42.5 Å². The molecule has 2 heterocycles. The third-order valence-electron chi connectivity index (χ3n) is 5.32. The minimum Gasteiger partial charge on any atom is -0.486 e. The molecule has 9 heteroatoms. The van der Waals surface area contributed by atoms with E-state index in [1.54, 1.807) is 18.2 Å². The van der Waals surface area contributed by atoms with E-state index in [2.05, 4.69) is 10.4 Å². The van der Waals surface area contributed by atoms with Gasteiger partial charge in [0.05, 0.1) is 6.54 Å². The molecule has 0 unspecified atom stereocenters. The van der Waals surface area contributed by atoms with Crippen molar-refractivity contribution in [1.82, 2.24) is 9.78 Å². The Balaban J connectivity index is 1.22. The smallest absolute Gasteiger partial charge is 0.292 e. The van der Waals surface area contributed by atoms with Crippen LogP contribution in [-0.4, -0.2) is 15.7 Å². The minimum absolute atomic E-state index is 0.0537. The number of anilines is 1. The fourth-order valence-corrected chi connectivity index (χ4v) is 3.99. The standard InChI is InChI=1S/C26H18Cl2FN3O3/c27-21-6-3-7-23(29)20(21)13-32-14-22(28)25(31-32)30-26(33)24-11-10-19(35-24)15-34-18-9-8-16-4-1-2-5-17(16)12-18/h1-12,14H,13,15H2,(H,30,31,33). The molecule has 2 aromatic heterocycles. The molecule has 0 spiro atoms. The molecule has 3 aromatic carbocycles. The normalized spacial score (nSPS) is 11.1. The SMILES string of the molecule is O=C(Nc1nn(Cc2c(F)cccc2Cl)cc1Cl)c1ccc(COc2ccc3ccccc3c2)o1. The predicted octanol–water partition coefficient (Wildman–Crippen LogP) is 6.95. The lowest BCUT2D eigenvalue weighted by molar-refractivity contribution is 0.0992. The lowest BCUT2D eigenvalue weighted by atomic mass is 10.1. The van der Waals surface area contributed by atoms with Crippen LogP contribution in [0.4, 0.5) is 10.2 Å². The lowest BCUT2D eigenvalue weighted by Crippen LogP contribution is -2.12. The number of nitrogens with zero attached hydrogens (tertiary/aromatic N) is 2. The van der Waals surface area contributed by atoms with E-state index >= 15 is 0 Å².